The fourth-order valence-corrected chi connectivity index (χ4v) is 2.41. The molecule has 0 saturated heterocycles. The van der Waals surface area contributed by atoms with E-state index >= 15 is 0 Å². The lowest BCUT2D eigenvalue weighted by atomic mass is 9.91. The molecule has 15 heavy (non-hydrogen) atoms. The third-order valence-corrected chi connectivity index (χ3v) is 3.03. The molecule has 0 atom stereocenters. The van der Waals surface area contributed by atoms with Crippen LogP contribution in [0.25, 0.3) is 0 Å². The first-order chi connectivity index (χ1) is 6.96. The number of carbonyl (C=O) groups is 1. The number of ether oxygens (including phenoxy) is 1. The molecule has 0 aromatic rings. The molecule has 0 spiro atoms. The van der Waals surface area contributed by atoms with Crippen LogP contribution in [0.15, 0.2) is 0 Å². The van der Waals surface area contributed by atoms with E-state index in [0.717, 1.165) is 12.8 Å². The van der Waals surface area contributed by atoms with Gasteiger partial charge >= 0.3 is 6.09 Å². The molecule has 1 aliphatic rings. The van der Waals surface area contributed by atoms with Gasteiger partial charge in [-0.25, -0.2) is 4.79 Å². The van der Waals surface area contributed by atoms with Crippen LogP contribution in [0, 0.1) is 0 Å². The molecule has 0 radical (unpaired) electrons. The minimum Gasteiger partial charge on any atom is -0.453 e. The molecular formula is C12H23NO2. The Hall–Kier alpha value is -0.730. The van der Waals surface area contributed by atoms with Gasteiger partial charge in [0, 0.05) is 11.6 Å². The van der Waals surface area contributed by atoms with Gasteiger partial charge < -0.3 is 9.64 Å². The number of nitrogens with zero attached hydrogens (tertiary/aromatic N) is 1. The average Bonchev–Trinajstić information content (AvgIpc) is 2.17. The highest BCUT2D eigenvalue weighted by atomic mass is 16.5. The van der Waals surface area contributed by atoms with Crippen molar-refractivity contribution < 1.29 is 9.53 Å². The van der Waals surface area contributed by atoms with Gasteiger partial charge in [-0.1, -0.05) is 19.3 Å². The Kier molecular flexibility index (Phi) is 4.00. The van der Waals surface area contributed by atoms with Crippen LogP contribution in [0.5, 0.6) is 0 Å². The summed E-state index contributed by atoms with van der Waals surface area (Å²) >= 11 is 0. The van der Waals surface area contributed by atoms with E-state index in [9.17, 15) is 4.79 Å². The summed E-state index contributed by atoms with van der Waals surface area (Å²) in [7, 11) is 1.46. The van der Waals surface area contributed by atoms with Gasteiger partial charge in [0.05, 0.1) is 7.11 Å². The summed E-state index contributed by atoms with van der Waals surface area (Å²) in [6, 6.07) is 0.367. The molecule has 1 aliphatic carbocycles. The largest absolute Gasteiger partial charge is 0.453 e. The van der Waals surface area contributed by atoms with Crippen molar-refractivity contribution in [3.63, 3.8) is 0 Å². The number of hydrogen-bond acceptors (Lipinski definition) is 2. The second-order valence-corrected chi connectivity index (χ2v) is 5.30. The van der Waals surface area contributed by atoms with Crippen LogP contribution in [-0.4, -0.2) is 29.7 Å². The van der Waals surface area contributed by atoms with Crippen LogP contribution in [0.1, 0.15) is 52.9 Å². The molecule has 0 aromatic carbocycles. The lowest BCUT2D eigenvalue weighted by Crippen LogP contribution is -2.52. The first-order valence-electron chi connectivity index (χ1n) is 5.84. The van der Waals surface area contributed by atoms with Crippen LogP contribution < -0.4 is 0 Å². The first-order valence-corrected chi connectivity index (χ1v) is 5.84. The van der Waals surface area contributed by atoms with E-state index in [1.165, 1.54) is 26.4 Å². The van der Waals surface area contributed by atoms with E-state index < -0.39 is 0 Å². The van der Waals surface area contributed by atoms with Gasteiger partial charge in [-0.3, -0.25) is 0 Å². The topological polar surface area (TPSA) is 29.5 Å². The Labute approximate surface area is 92.8 Å². The molecule has 0 heterocycles. The second-order valence-electron chi connectivity index (χ2n) is 5.30. The maximum Gasteiger partial charge on any atom is 0.410 e. The standard InChI is InChI=1S/C12H23NO2/c1-12(2,3)13(11(14)15-4)10-8-6-5-7-9-10/h10H,5-9H2,1-4H3. The average molecular weight is 213 g/mol. The lowest BCUT2D eigenvalue weighted by Gasteiger charge is -2.42. The van der Waals surface area contributed by atoms with Gasteiger partial charge in [0.2, 0.25) is 0 Å². The Morgan fingerprint density at radius 2 is 1.73 bits per heavy atom. The molecule has 88 valence electrons. The maximum absolute atomic E-state index is 11.8. The molecular weight excluding hydrogens is 190 g/mol. The van der Waals surface area contributed by atoms with Gasteiger partial charge in [-0.05, 0) is 33.6 Å². The molecule has 1 fully saturated rings. The van der Waals surface area contributed by atoms with Crippen molar-refractivity contribution in [3.8, 4) is 0 Å². The van der Waals surface area contributed by atoms with Gasteiger partial charge in [0.15, 0.2) is 0 Å². The molecule has 3 heteroatoms. The molecule has 0 aliphatic heterocycles. The normalized spacial score (nSPS) is 18.7. The van der Waals surface area contributed by atoms with Crippen molar-refractivity contribution in [2.45, 2.75) is 64.5 Å². The minimum absolute atomic E-state index is 0.144. The van der Waals surface area contributed by atoms with Crippen molar-refractivity contribution in [2.75, 3.05) is 7.11 Å². The van der Waals surface area contributed by atoms with E-state index in [-0.39, 0.29) is 11.6 Å². The van der Waals surface area contributed by atoms with E-state index in [4.69, 9.17) is 4.74 Å². The molecule has 0 unspecified atom stereocenters. The third kappa shape index (κ3) is 3.11. The summed E-state index contributed by atoms with van der Waals surface area (Å²) in [5.41, 5.74) is -0.144. The molecule has 1 rings (SSSR count). The Morgan fingerprint density at radius 3 is 2.13 bits per heavy atom. The fourth-order valence-electron chi connectivity index (χ4n) is 2.41. The maximum atomic E-state index is 11.8. The van der Waals surface area contributed by atoms with Gasteiger partial charge in [-0.2, -0.15) is 0 Å². The van der Waals surface area contributed by atoms with Gasteiger partial charge in [-0.15, -0.1) is 0 Å². The van der Waals surface area contributed by atoms with Crippen molar-refractivity contribution in [2.24, 2.45) is 0 Å². The SMILES string of the molecule is COC(=O)N(C1CCCCC1)C(C)(C)C. The van der Waals surface area contributed by atoms with E-state index in [1.54, 1.807) is 0 Å². The lowest BCUT2D eigenvalue weighted by molar-refractivity contribution is 0.0451. The molecule has 0 N–H and O–H groups in total. The predicted octanol–water partition coefficient (Wildman–Crippen LogP) is 3.19. The quantitative estimate of drug-likeness (QED) is 0.669. The summed E-state index contributed by atoms with van der Waals surface area (Å²) in [5.74, 6) is 0. The Morgan fingerprint density at radius 1 is 1.20 bits per heavy atom. The monoisotopic (exact) mass is 213 g/mol. The summed E-state index contributed by atoms with van der Waals surface area (Å²) in [4.78, 5) is 13.7. The van der Waals surface area contributed by atoms with E-state index in [0.29, 0.717) is 6.04 Å². The highest BCUT2D eigenvalue weighted by molar-refractivity contribution is 5.68. The van der Waals surface area contributed by atoms with Crippen molar-refractivity contribution in [3.05, 3.63) is 0 Å². The second kappa shape index (κ2) is 4.86. The molecule has 3 nitrogen and oxygen atoms in total. The highest BCUT2D eigenvalue weighted by Gasteiger charge is 2.34. The van der Waals surface area contributed by atoms with Gasteiger partial charge in [0.25, 0.3) is 0 Å². The zero-order valence-electron chi connectivity index (χ0n) is 10.4. The summed E-state index contributed by atoms with van der Waals surface area (Å²) in [6.45, 7) is 6.20. The molecule has 0 aromatic heterocycles. The zero-order valence-corrected chi connectivity index (χ0v) is 10.4. The number of hydrogen-bond donors (Lipinski definition) is 0. The smallest absolute Gasteiger partial charge is 0.410 e. The number of rotatable bonds is 1. The van der Waals surface area contributed by atoms with Gasteiger partial charge in [0.1, 0.15) is 0 Å². The van der Waals surface area contributed by atoms with Crippen LogP contribution in [0.4, 0.5) is 4.79 Å². The first kappa shape index (κ1) is 12.3. The number of amides is 1. The van der Waals surface area contributed by atoms with Crippen molar-refractivity contribution in [1.29, 1.82) is 0 Å². The highest BCUT2D eigenvalue weighted by Crippen LogP contribution is 2.28. The molecule has 1 saturated carbocycles. The predicted molar refractivity (Wildman–Crippen MR) is 60.9 cm³/mol. The van der Waals surface area contributed by atoms with Crippen molar-refractivity contribution in [1.82, 2.24) is 4.90 Å². The van der Waals surface area contributed by atoms with Crippen LogP contribution in [0.3, 0.4) is 0 Å². The van der Waals surface area contributed by atoms with Crippen LogP contribution in [0.2, 0.25) is 0 Å². The number of carbonyl (C=O) groups excluding carboxylic acids is 1. The Bertz CT molecular complexity index is 214. The number of methoxy groups -OCH3 is 1. The van der Waals surface area contributed by atoms with Crippen molar-refractivity contribution >= 4 is 6.09 Å². The fraction of sp³-hybridized carbons (Fsp3) is 0.917. The Balaban J connectivity index is 2.75. The van der Waals surface area contributed by atoms with E-state index in [2.05, 4.69) is 20.8 Å². The minimum atomic E-state index is -0.186. The molecule has 0 bridgehead atoms. The van der Waals surface area contributed by atoms with Crippen LogP contribution >= 0.6 is 0 Å². The van der Waals surface area contributed by atoms with Crippen LogP contribution in [-0.2, 0) is 4.74 Å². The van der Waals surface area contributed by atoms with E-state index in [1.807, 2.05) is 4.90 Å². The molecule has 1 amide bonds. The zero-order chi connectivity index (χ0) is 11.5. The summed E-state index contributed by atoms with van der Waals surface area (Å²) in [5, 5.41) is 0. The summed E-state index contributed by atoms with van der Waals surface area (Å²) in [6.07, 6.45) is 5.81. The third-order valence-electron chi connectivity index (χ3n) is 3.03. The summed E-state index contributed by atoms with van der Waals surface area (Å²) < 4.78 is 4.88.